The highest BCUT2D eigenvalue weighted by Gasteiger charge is 2.35. The average molecular weight is 788 g/mol. The summed E-state index contributed by atoms with van der Waals surface area (Å²) in [5, 5.41) is 24.7. The Morgan fingerprint density at radius 1 is 0.607 bits per heavy atom. The van der Waals surface area contributed by atoms with E-state index < -0.39 is 35.4 Å². The second-order valence-corrected chi connectivity index (χ2v) is 12.6. The quantitative estimate of drug-likeness (QED) is 0.0546. The molecule has 4 heterocycles. The molecule has 6 rings (SSSR count). The van der Waals surface area contributed by atoms with E-state index in [0.717, 1.165) is 17.2 Å². The normalized spacial score (nSPS) is 11.2. The maximum absolute atomic E-state index is 12.9. The Morgan fingerprint density at radius 3 is 1.68 bits per heavy atom. The van der Waals surface area contributed by atoms with Gasteiger partial charge in [-0.05, 0) is 60.4 Å². The van der Waals surface area contributed by atoms with Crippen molar-refractivity contribution in [3.05, 3.63) is 125 Å². The van der Waals surface area contributed by atoms with E-state index in [4.69, 9.17) is 11.6 Å². The Bertz CT molecular complexity index is 2320. The molecule has 4 amide bonds. The van der Waals surface area contributed by atoms with Crippen LogP contribution >= 0.6 is 11.6 Å². The van der Waals surface area contributed by atoms with E-state index in [9.17, 15) is 32.3 Å². The number of furan rings is 1. The summed E-state index contributed by atoms with van der Waals surface area (Å²) >= 11 is 6.27. The topological polar surface area (TPSA) is 200 Å². The predicted molar refractivity (Wildman–Crippen MR) is 199 cm³/mol. The Labute approximate surface area is 321 Å². The number of pyridine rings is 1. The SMILES string of the molecule is O=C(NCCCNC(=O)c1cc(-c2ccccc2)n[nH]1)c1cc(-c2ccc(-c3cc(C(=O)NCCCNC(=O)c4ccc(C(F)(F)F)o4)[nH]n3)cc2)cc(Cl)n1. The average Bonchev–Trinajstić information content (AvgIpc) is 4.00. The molecule has 4 aromatic heterocycles. The van der Waals surface area contributed by atoms with Crippen molar-refractivity contribution in [3.63, 3.8) is 0 Å². The van der Waals surface area contributed by atoms with Gasteiger partial charge >= 0.3 is 6.18 Å². The summed E-state index contributed by atoms with van der Waals surface area (Å²) in [4.78, 5) is 54.2. The van der Waals surface area contributed by atoms with Gasteiger partial charge in [0.2, 0.25) is 5.76 Å². The minimum absolute atomic E-state index is 0.0856. The number of carbonyl (C=O) groups excluding carboxylic acids is 4. The van der Waals surface area contributed by atoms with Gasteiger partial charge in [-0.2, -0.15) is 23.4 Å². The summed E-state index contributed by atoms with van der Waals surface area (Å²) in [5.41, 5.74) is 4.78. The van der Waals surface area contributed by atoms with Crippen molar-refractivity contribution in [2.75, 3.05) is 26.2 Å². The molecule has 0 saturated heterocycles. The van der Waals surface area contributed by atoms with E-state index in [1.54, 1.807) is 36.4 Å². The molecule has 0 radical (unpaired) electrons. The molecule has 0 atom stereocenters. The van der Waals surface area contributed by atoms with Crippen molar-refractivity contribution in [3.8, 4) is 33.6 Å². The highest BCUT2D eigenvalue weighted by atomic mass is 35.5. The van der Waals surface area contributed by atoms with Crippen molar-refractivity contribution in [1.29, 1.82) is 0 Å². The number of carbonyl (C=O) groups is 4. The van der Waals surface area contributed by atoms with Crippen LogP contribution in [0.15, 0.2) is 95.4 Å². The lowest BCUT2D eigenvalue weighted by molar-refractivity contribution is -0.153. The van der Waals surface area contributed by atoms with Crippen LogP contribution in [-0.4, -0.2) is 75.2 Å². The largest absolute Gasteiger partial charge is 0.449 e. The molecule has 288 valence electrons. The molecular formula is C38H33ClF3N9O5. The monoisotopic (exact) mass is 787 g/mol. The van der Waals surface area contributed by atoms with E-state index in [2.05, 4.69) is 51.1 Å². The zero-order valence-corrected chi connectivity index (χ0v) is 30.1. The fourth-order valence-corrected chi connectivity index (χ4v) is 5.57. The van der Waals surface area contributed by atoms with Crippen LogP contribution in [0.1, 0.15) is 60.6 Å². The first kappa shape index (κ1) is 39.0. The summed E-state index contributed by atoms with van der Waals surface area (Å²) in [7, 11) is 0. The Morgan fingerprint density at radius 2 is 1.12 bits per heavy atom. The summed E-state index contributed by atoms with van der Waals surface area (Å²) in [5.74, 6) is -3.71. The number of aromatic nitrogens is 5. The van der Waals surface area contributed by atoms with E-state index in [-0.39, 0.29) is 42.1 Å². The van der Waals surface area contributed by atoms with Gasteiger partial charge in [-0.15, -0.1) is 0 Å². The van der Waals surface area contributed by atoms with Gasteiger partial charge in [0.05, 0.1) is 11.4 Å². The first-order chi connectivity index (χ1) is 26.9. The number of hydrogen-bond donors (Lipinski definition) is 6. The fourth-order valence-electron chi connectivity index (χ4n) is 5.36. The molecule has 0 bridgehead atoms. The van der Waals surface area contributed by atoms with Crippen LogP contribution < -0.4 is 21.3 Å². The molecule has 2 aromatic carbocycles. The van der Waals surface area contributed by atoms with Gasteiger partial charge in [-0.3, -0.25) is 29.4 Å². The fraction of sp³-hybridized carbons (Fsp3) is 0.184. The molecular weight excluding hydrogens is 755 g/mol. The standard InChI is InChI=1S/C38H33ClF3N9O5/c39-33-19-25(18-28(47-33)34(52)43-14-4-15-44-35(53)29-20-26(48-50-29)23-6-2-1-3-7-23)22-8-10-24(11-9-22)27-21-30(51-49-27)36(54)45-16-5-17-46-37(55)31-12-13-32(56-31)38(40,41)42/h1-3,6-13,18-21H,4-5,14-17H2,(H,43,52)(H,44,53)(H,45,54)(H,46,55)(H,48,50)(H,49,51). The maximum atomic E-state index is 12.9. The summed E-state index contributed by atoms with van der Waals surface area (Å²) in [6, 6.07) is 24.8. The number of rotatable bonds is 15. The van der Waals surface area contributed by atoms with E-state index in [1.165, 1.54) is 0 Å². The number of amides is 4. The number of H-pyrrole nitrogens is 2. The summed E-state index contributed by atoms with van der Waals surface area (Å²) in [6.07, 6.45) is -3.92. The van der Waals surface area contributed by atoms with Crippen LogP contribution in [0.2, 0.25) is 5.15 Å². The molecule has 0 aliphatic rings. The molecule has 6 aromatic rings. The lowest BCUT2D eigenvalue weighted by atomic mass is 10.0. The molecule has 14 nitrogen and oxygen atoms in total. The number of halogens is 4. The third kappa shape index (κ3) is 10.1. The minimum Gasteiger partial charge on any atom is -0.446 e. The predicted octanol–water partition coefficient (Wildman–Crippen LogP) is 5.89. The number of alkyl halides is 3. The van der Waals surface area contributed by atoms with Crippen molar-refractivity contribution >= 4 is 35.2 Å². The Hall–Kier alpha value is -6.75. The third-order valence-corrected chi connectivity index (χ3v) is 8.41. The van der Waals surface area contributed by atoms with Crippen molar-refractivity contribution < 1.29 is 36.8 Å². The second kappa shape index (κ2) is 17.6. The van der Waals surface area contributed by atoms with Gasteiger partial charge < -0.3 is 25.7 Å². The van der Waals surface area contributed by atoms with E-state index >= 15 is 0 Å². The second-order valence-electron chi connectivity index (χ2n) is 12.2. The molecule has 0 aliphatic heterocycles. The van der Waals surface area contributed by atoms with Crippen molar-refractivity contribution in [2.45, 2.75) is 19.0 Å². The summed E-state index contributed by atoms with van der Waals surface area (Å²) < 4.78 is 42.6. The molecule has 0 unspecified atom stereocenters. The zero-order chi connectivity index (χ0) is 39.7. The highest BCUT2D eigenvalue weighted by molar-refractivity contribution is 6.29. The van der Waals surface area contributed by atoms with Crippen molar-refractivity contribution in [2.24, 2.45) is 0 Å². The Kier molecular flexibility index (Phi) is 12.2. The van der Waals surface area contributed by atoms with Crippen LogP contribution in [0.4, 0.5) is 13.2 Å². The lowest BCUT2D eigenvalue weighted by Gasteiger charge is -2.09. The molecule has 0 spiro atoms. The number of hydrogen-bond acceptors (Lipinski definition) is 8. The zero-order valence-electron chi connectivity index (χ0n) is 29.3. The van der Waals surface area contributed by atoms with Gasteiger partial charge in [0.1, 0.15) is 22.2 Å². The molecule has 56 heavy (non-hydrogen) atoms. The maximum Gasteiger partial charge on any atom is 0.449 e. The molecule has 0 aliphatic carbocycles. The van der Waals surface area contributed by atoms with E-state index in [1.807, 2.05) is 42.5 Å². The van der Waals surface area contributed by atoms with Crippen LogP contribution in [0.5, 0.6) is 0 Å². The molecule has 0 saturated carbocycles. The number of aromatic amines is 2. The van der Waals surface area contributed by atoms with Crippen LogP contribution in [0.3, 0.4) is 0 Å². The third-order valence-electron chi connectivity index (χ3n) is 8.21. The number of nitrogens with zero attached hydrogens (tertiary/aromatic N) is 3. The molecule has 0 fully saturated rings. The highest BCUT2D eigenvalue weighted by Crippen LogP contribution is 2.31. The molecule has 18 heteroatoms. The van der Waals surface area contributed by atoms with E-state index in [0.29, 0.717) is 53.7 Å². The van der Waals surface area contributed by atoms with Gasteiger partial charge in [0, 0.05) is 37.3 Å². The smallest absolute Gasteiger partial charge is 0.446 e. The van der Waals surface area contributed by atoms with Gasteiger partial charge in [-0.25, -0.2) is 4.98 Å². The first-order valence-corrected chi connectivity index (χ1v) is 17.6. The lowest BCUT2D eigenvalue weighted by Crippen LogP contribution is -2.30. The number of nitrogens with one attached hydrogen (secondary N) is 6. The minimum atomic E-state index is -4.69. The van der Waals surface area contributed by atoms with Gasteiger partial charge in [0.15, 0.2) is 5.76 Å². The van der Waals surface area contributed by atoms with Crippen molar-refractivity contribution in [1.82, 2.24) is 46.6 Å². The van der Waals surface area contributed by atoms with Gasteiger partial charge in [0.25, 0.3) is 23.6 Å². The summed E-state index contributed by atoms with van der Waals surface area (Å²) in [6.45, 7) is 0.853. The number of benzene rings is 2. The first-order valence-electron chi connectivity index (χ1n) is 17.2. The van der Waals surface area contributed by atoms with Gasteiger partial charge in [-0.1, -0.05) is 66.2 Å². The van der Waals surface area contributed by atoms with Crippen LogP contribution in [0, 0.1) is 0 Å². The van der Waals surface area contributed by atoms with Crippen LogP contribution in [-0.2, 0) is 6.18 Å². The Balaban J connectivity index is 0.934. The van der Waals surface area contributed by atoms with Crippen LogP contribution in [0.25, 0.3) is 33.6 Å². The molecule has 6 N–H and O–H groups in total.